The average Bonchev–Trinajstić information content (AvgIpc) is 3.04. The Hall–Kier alpha value is -3.09. The van der Waals surface area contributed by atoms with Crippen LogP contribution in [0.15, 0.2) is 53.1 Å². The highest BCUT2D eigenvalue weighted by atomic mass is 19.1. The zero-order valence-corrected chi connectivity index (χ0v) is 12.8. The second-order valence-corrected chi connectivity index (χ2v) is 5.31. The lowest BCUT2D eigenvalue weighted by atomic mass is 9.93. The maximum absolute atomic E-state index is 13.0. The molecule has 2 aromatic rings. The molecule has 2 N–H and O–H groups in total. The average molecular weight is 330 g/mol. The Bertz CT molecular complexity index is 797. The van der Waals surface area contributed by atoms with Crippen LogP contribution < -0.4 is 10.6 Å². The standard InChI is InChI=1S/C17H15FN2O4/c1-9-14(16(21)23-2)15(20-17(22)19-9)13-8-7-12(24-13)10-3-5-11(18)6-4-10/h3-8,14-15H,1H2,2H3,(H2,19,20,22)/t14-,15-/m1/s1. The van der Waals surface area contributed by atoms with Crippen LogP contribution in [-0.2, 0) is 9.53 Å². The second kappa shape index (κ2) is 6.19. The fourth-order valence-electron chi connectivity index (χ4n) is 2.62. The molecule has 6 nitrogen and oxygen atoms in total. The fourth-order valence-corrected chi connectivity index (χ4v) is 2.62. The summed E-state index contributed by atoms with van der Waals surface area (Å²) < 4.78 is 23.6. The van der Waals surface area contributed by atoms with Crippen LogP contribution in [0.2, 0.25) is 0 Å². The smallest absolute Gasteiger partial charge is 0.319 e. The van der Waals surface area contributed by atoms with Crippen LogP contribution in [0.5, 0.6) is 0 Å². The SMILES string of the molecule is C=C1NC(=O)N[C@H](c2ccc(-c3ccc(F)cc3)o2)[C@@H]1C(=O)OC. The number of carbonyl (C=O) groups excluding carboxylic acids is 2. The molecule has 0 aliphatic carbocycles. The molecular weight excluding hydrogens is 315 g/mol. The number of nitrogens with one attached hydrogen (secondary N) is 2. The second-order valence-electron chi connectivity index (χ2n) is 5.31. The maximum atomic E-state index is 13.0. The number of carbonyl (C=O) groups is 2. The van der Waals surface area contributed by atoms with Crippen molar-refractivity contribution >= 4 is 12.0 Å². The van der Waals surface area contributed by atoms with Gasteiger partial charge in [-0.05, 0) is 36.4 Å². The molecule has 0 radical (unpaired) electrons. The number of urea groups is 1. The molecule has 1 aromatic heterocycles. The minimum atomic E-state index is -0.820. The summed E-state index contributed by atoms with van der Waals surface area (Å²) in [5.41, 5.74) is 0.909. The minimum absolute atomic E-state index is 0.232. The number of rotatable bonds is 3. The van der Waals surface area contributed by atoms with Crippen molar-refractivity contribution in [1.29, 1.82) is 0 Å². The summed E-state index contributed by atoms with van der Waals surface area (Å²) in [6.07, 6.45) is 0. The monoisotopic (exact) mass is 330 g/mol. The summed E-state index contributed by atoms with van der Waals surface area (Å²) in [6, 6.07) is 7.92. The van der Waals surface area contributed by atoms with E-state index in [9.17, 15) is 14.0 Å². The van der Waals surface area contributed by atoms with Gasteiger partial charge in [-0.25, -0.2) is 9.18 Å². The van der Waals surface area contributed by atoms with Crippen molar-refractivity contribution in [2.75, 3.05) is 7.11 Å². The number of furan rings is 1. The molecule has 2 amide bonds. The molecule has 124 valence electrons. The largest absolute Gasteiger partial charge is 0.468 e. The highest BCUT2D eigenvalue weighted by Gasteiger charge is 2.40. The van der Waals surface area contributed by atoms with Crippen LogP contribution in [0.3, 0.4) is 0 Å². The molecule has 7 heteroatoms. The topological polar surface area (TPSA) is 80.6 Å². The highest BCUT2D eigenvalue weighted by Crippen LogP contribution is 2.33. The molecular formula is C17H15FN2O4. The van der Waals surface area contributed by atoms with E-state index in [0.717, 1.165) is 0 Å². The van der Waals surface area contributed by atoms with Gasteiger partial charge in [0.25, 0.3) is 0 Å². The Labute approximate surface area is 137 Å². The summed E-state index contributed by atoms with van der Waals surface area (Å²) in [5.74, 6) is -0.844. The van der Waals surface area contributed by atoms with Crippen molar-refractivity contribution in [3.63, 3.8) is 0 Å². The molecule has 0 saturated carbocycles. The number of methoxy groups -OCH3 is 1. The zero-order valence-electron chi connectivity index (χ0n) is 12.8. The Morgan fingerprint density at radius 2 is 1.96 bits per heavy atom. The van der Waals surface area contributed by atoms with Gasteiger partial charge in [0.15, 0.2) is 0 Å². The van der Waals surface area contributed by atoms with Gasteiger partial charge in [0.05, 0.1) is 7.11 Å². The molecule has 1 aliphatic heterocycles. The first kappa shape index (κ1) is 15.8. The van der Waals surface area contributed by atoms with E-state index in [1.54, 1.807) is 24.3 Å². The van der Waals surface area contributed by atoms with Gasteiger partial charge in [-0.15, -0.1) is 0 Å². The molecule has 1 aliphatic rings. The summed E-state index contributed by atoms with van der Waals surface area (Å²) in [6.45, 7) is 3.71. The fraction of sp³-hybridized carbons (Fsp3) is 0.176. The van der Waals surface area contributed by atoms with Gasteiger partial charge in [-0.3, -0.25) is 4.79 Å². The lowest BCUT2D eigenvalue weighted by Gasteiger charge is -2.31. The van der Waals surface area contributed by atoms with Gasteiger partial charge in [0, 0.05) is 11.3 Å². The van der Waals surface area contributed by atoms with Crippen LogP contribution in [0.25, 0.3) is 11.3 Å². The maximum Gasteiger partial charge on any atom is 0.319 e. The van der Waals surface area contributed by atoms with Crippen molar-refractivity contribution < 1.29 is 23.1 Å². The van der Waals surface area contributed by atoms with Crippen molar-refractivity contribution in [1.82, 2.24) is 10.6 Å². The molecule has 0 spiro atoms. The summed E-state index contributed by atoms with van der Waals surface area (Å²) in [5, 5.41) is 5.10. The molecule has 3 rings (SSSR count). The zero-order chi connectivity index (χ0) is 17.3. The summed E-state index contributed by atoms with van der Waals surface area (Å²) in [7, 11) is 1.26. The number of amides is 2. The van der Waals surface area contributed by atoms with E-state index in [0.29, 0.717) is 17.1 Å². The van der Waals surface area contributed by atoms with Crippen molar-refractivity contribution in [3.05, 3.63) is 60.3 Å². The normalized spacial score (nSPS) is 20.2. The van der Waals surface area contributed by atoms with E-state index in [1.165, 1.54) is 19.2 Å². The third-order valence-corrected chi connectivity index (χ3v) is 3.79. The number of hydrogen-bond acceptors (Lipinski definition) is 4. The van der Waals surface area contributed by atoms with Crippen LogP contribution in [0.4, 0.5) is 9.18 Å². The molecule has 24 heavy (non-hydrogen) atoms. The van der Waals surface area contributed by atoms with Crippen LogP contribution >= 0.6 is 0 Å². The van der Waals surface area contributed by atoms with Crippen molar-refractivity contribution in [2.45, 2.75) is 6.04 Å². The predicted octanol–water partition coefficient (Wildman–Crippen LogP) is 2.74. The number of ether oxygens (including phenoxy) is 1. The van der Waals surface area contributed by atoms with E-state index >= 15 is 0 Å². The van der Waals surface area contributed by atoms with Crippen molar-refractivity contribution in [3.8, 4) is 11.3 Å². The Balaban J connectivity index is 1.94. The van der Waals surface area contributed by atoms with Crippen LogP contribution in [0, 0.1) is 11.7 Å². The minimum Gasteiger partial charge on any atom is -0.468 e. The third kappa shape index (κ3) is 2.88. The van der Waals surface area contributed by atoms with E-state index < -0.39 is 24.0 Å². The first-order chi connectivity index (χ1) is 11.5. The van der Waals surface area contributed by atoms with Gasteiger partial charge >= 0.3 is 12.0 Å². The molecule has 1 fully saturated rings. The third-order valence-electron chi connectivity index (χ3n) is 3.79. The molecule has 2 heterocycles. The molecule has 1 aromatic carbocycles. The summed E-state index contributed by atoms with van der Waals surface area (Å²) >= 11 is 0. The Kier molecular flexibility index (Phi) is 4.07. The molecule has 1 saturated heterocycles. The Morgan fingerprint density at radius 1 is 1.25 bits per heavy atom. The lowest BCUT2D eigenvalue weighted by molar-refractivity contribution is -0.145. The van der Waals surface area contributed by atoms with Crippen LogP contribution in [0.1, 0.15) is 11.8 Å². The first-order valence-corrected chi connectivity index (χ1v) is 7.19. The van der Waals surface area contributed by atoms with Gasteiger partial charge in [0.1, 0.15) is 29.3 Å². The van der Waals surface area contributed by atoms with E-state index in [2.05, 4.69) is 17.2 Å². The van der Waals surface area contributed by atoms with E-state index in [1.807, 2.05) is 0 Å². The van der Waals surface area contributed by atoms with Gasteiger partial charge in [0.2, 0.25) is 0 Å². The lowest BCUT2D eigenvalue weighted by Crippen LogP contribution is -2.50. The number of benzene rings is 1. The van der Waals surface area contributed by atoms with E-state index in [4.69, 9.17) is 9.15 Å². The van der Waals surface area contributed by atoms with Gasteiger partial charge in [-0.1, -0.05) is 6.58 Å². The summed E-state index contributed by atoms with van der Waals surface area (Å²) in [4.78, 5) is 23.7. The quantitative estimate of drug-likeness (QED) is 0.848. The predicted molar refractivity (Wildman–Crippen MR) is 83.2 cm³/mol. The van der Waals surface area contributed by atoms with Crippen molar-refractivity contribution in [2.24, 2.45) is 5.92 Å². The molecule has 0 bridgehead atoms. The van der Waals surface area contributed by atoms with E-state index in [-0.39, 0.29) is 11.5 Å². The molecule has 2 atom stereocenters. The number of hydrogen-bond donors (Lipinski definition) is 2. The van der Waals surface area contributed by atoms with Gasteiger partial charge < -0.3 is 19.8 Å². The van der Waals surface area contributed by atoms with Crippen LogP contribution in [-0.4, -0.2) is 19.1 Å². The Morgan fingerprint density at radius 3 is 2.62 bits per heavy atom. The molecule has 0 unspecified atom stereocenters. The first-order valence-electron chi connectivity index (χ1n) is 7.19. The number of esters is 1. The highest BCUT2D eigenvalue weighted by molar-refractivity contribution is 5.85. The van der Waals surface area contributed by atoms with Gasteiger partial charge in [-0.2, -0.15) is 0 Å². The number of halogens is 1.